The number of pyridine rings is 1. The summed E-state index contributed by atoms with van der Waals surface area (Å²) in [4.78, 5) is 4.06. The van der Waals surface area contributed by atoms with Crippen LogP contribution in [0.4, 0.5) is 10.1 Å². The van der Waals surface area contributed by atoms with Gasteiger partial charge in [-0.25, -0.2) is 4.39 Å². The van der Waals surface area contributed by atoms with Gasteiger partial charge >= 0.3 is 0 Å². The first kappa shape index (κ1) is 11.6. The summed E-state index contributed by atoms with van der Waals surface area (Å²) in [5, 5.41) is 3.95. The molecule has 0 fully saturated rings. The molecule has 2 rings (SSSR count). The normalized spacial score (nSPS) is 10.5. The highest BCUT2D eigenvalue weighted by Crippen LogP contribution is 2.32. The fourth-order valence-corrected chi connectivity index (χ4v) is 1.78. The molecule has 0 atom stereocenters. The van der Waals surface area contributed by atoms with Gasteiger partial charge < -0.3 is 10.1 Å². The molecule has 90 valence electrons. The first-order valence-electron chi connectivity index (χ1n) is 5.63. The van der Waals surface area contributed by atoms with Crippen LogP contribution in [0.15, 0.2) is 24.4 Å². The number of aromatic nitrogens is 1. The lowest BCUT2D eigenvalue weighted by atomic mass is 10.1. The van der Waals surface area contributed by atoms with Gasteiger partial charge in [0.05, 0.1) is 12.5 Å². The second-order valence-electron chi connectivity index (χ2n) is 3.76. The van der Waals surface area contributed by atoms with E-state index in [0.717, 1.165) is 18.7 Å². The minimum Gasteiger partial charge on any atom is -0.496 e. The van der Waals surface area contributed by atoms with Crippen molar-refractivity contribution in [2.45, 2.75) is 13.3 Å². The highest BCUT2D eigenvalue weighted by Gasteiger charge is 2.11. The molecule has 17 heavy (non-hydrogen) atoms. The second kappa shape index (κ2) is 4.99. The number of halogens is 1. The Labute approximate surface area is 99.6 Å². The molecule has 1 heterocycles. The van der Waals surface area contributed by atoms with E-state index in [2.05, 4.69) is 17.2 Å². The van der Waals surface area contributed by atoms with E-state index in [1.165, 1.54) is 6.07 Å². The van der Waals surface area contributed by atoms with Crippen molar-refractivity contribution in [3.05, 3.63) is 30.2 Å². The van der Waals surface area contributed by atoms with Gasteiger partial charge in [-0.3, -0.25) is 4.98 Å². The zero-order valence-corrected chi connectivity index (χ0v) is 9.96. The molecule has 1 N–H and O–H groups in total. The van der Waals surface area contributed by atoms with Crippen LogP contribution < -0.4 is 10.1 Å². The average Bonchev–Trinajstić information content (AvgIpc) is 2.37. The summed E-state index contributed by atoms with van der Waals surface area (Å²) in [6.45, 7) is 2.91. The predicted molar refractivity (Wildman–Crippen MR) is 67.0 cm³/mol. The van der Waals surface area contributed by atoms with Crippen LogP contribution in [0.1, 0.15) is 13.3 Å². The summed E-state index contributed by atoms with van der Waals surface area (Å²) in [6, 6.07) is 4.83. The van der Waals surface area contributed by atoms with E-state index in [4.69, 9.17) is 4.74 Å². The van der Waals surface area contributed by atoms with E-state index < -0.39 is 0 Å². The number of anilines is 1. The number of benzene rings is 1. The molecule has 1 aromatic heterocycles. The highest BCUT2D eigenvalue weighted by molar-refractivity contribution is 5.96. The van der Waals surface area contributed by atoms with Gasteiger partial charge in [-0.1, -0.05) is 6.92 Å². The van der Waals surface area contributed by atoms with E-state index in [0.29, 0.717) is 16.7 Å². The number of rotatable bonds is 4. The van der Waals surface area contributed by atoms with E-state index >= 15 is 0 Å². The predicted octanol–water partition coefficient (Wildman–Crippen LogP) is 3.20. The van der Waals surface area contributed by atoms with E-state index in [-0.39, 0.29) is 5.82 Å². The van der Waals surface area contributed by atoms with Gasteiger partial charge in [0.2, 0.25) is 0 Å². The summed E-state index contributed by atoms with van der Waals surface area (Å²) in [5.74, 6) is 0.300. The maximum atomic E-state index is 13.7. The Morgan fingerprint density at radius 2 is 2.18 bits per heavy atom. The van der Waals surface area contributed by atoms with Crippen molar-refractivity contribution in [3.8, 4) is 5.75 Å². The standard InChI is InChI=1S/C13H15FN2O/c1-3-7-15-10-6-8-16-13-9(14)4-5-11(17-2)12(10)13/h4-6,8H,3,7H2,1-2H3,(H,15,16). The Kier molecular flexibility index (Phi) is 3.42. The monoisotopic (exact) mass is 234 g/mol. The van der Waals surface area contributed by atoms with Crippen LogP contribution in [-0.2, 0) is 0 Å². The van der Waals surface area contributed by atoms with Crippen molar-refractivity contribution in [1.29, 1.82) is 0 Å². The summed E-state index contributed by atoms with van der Waals surface area (Å²) in [5.41, 5.74) is 1.19. The highest BCUT2D eigenvalue weighted by atomic mass is 19.1. The molecule has 1 aromatic carbocycles. The molecule has 0 saturated carbocycles. The molecule has 4 heteroatoms. The molecule has 0 amide bonds. The van der Waals surface area contributed by atoms with Crippen LogP contribution in [0.3, 0.4) is 0 Å². The van der Waals surface area contributed by atoms with Crippen molar-refractivity contribution in [2.24, 2.45) is 0 Å². The average molecular weight is 234 g/mol. The first-order valence-corrected chi connectivity index (χ1v) is 5.63. The molecule has 0 bridgehead atoms. The van der Waals surface area contributed by atoms with Crippen molar-refractivity contribution >= 4 is 16.6 Å². The Morgan fingerprint density at radius 1 is 1.35 bits per heavy atom. The van der Waals surface area contributed by atoms with E-state index in [1.807, 2.05) is 6.07 Å². The third-order valence-corrected chi connectivity index (χ3v) is 2.59. The summed E-state index contributed by atoms with van der Waals surface area (Å²) < 4.78 is 18.9. The van der Waals surface area contributed by atoms with Crippen molar-refractivity contribution in [3.63, 3.8) is 0 Å². The smallest absolute Gasteiger partial charge is 0.149 e. The van der Waals surface area contributed by atoms with Gasteiger partial charge in [-0.05, 0) is 24.6 Å². The zero-order chi connectivity index (χ0) is 12.3. The maximum Gasteiger partial charge on any atom is 0.149 e. The summed E-state index contributed by atoms with van der Waals surface area (Å²) in [6.07, 6.45) is 2.60. The van der Waals surface area contributed by atoms with Crippen LogP contribution >= 0.6 is 0 Å². The lowest BCUT2D eigenvalue weighted by Gasteiger charge is -2.11. The fourth-order valence-electron chi connectivity index (χ4n) is 1.78. The third-order valence-electron chi connectivity index (χ3n) is 2.59. The number of ether oxygens (including phenoxy) is 1. The Balaban J connectivity index is 2.63. The van der Waals surface area contributed by atoms with Gasteiger partial charge in [-0.15, -0.1) is 0 Å². The molecule has 3 nitrogen and oxygen atoms in total. The molecule has 0 aliphatic heterocycles. The maximum absolute atomic E-state index is 13.7. The van der Waals surface area contributed by atoms with E-state index in [1.54, 1.807) is 19.4 Å². The number of hydrogen-bond donors (Lipinski definition) is 1. The molecule has 0 saturated heterocycles. The van der Waals surface area contributed by atoms with Crippen molar-refractivity contribution < 1.29 is 9.13 Å². The van der Waals surface area contributed by atoms with Gasteiger partial charge in [0.25, 0.3) is 0 Å². The van der Waals surface area contributed by atoms with Crippen LogP contribution in [0.2, 0.25) is 0 Å². The largest absolute Gasteiger partial charge is 0.496 e. The molecule has 0 radical (unpaired) electrons. The van der Waals surface area contributed by atoms with Crippen LogP contribution in [0.25, 0.3) is 10.9 Å². The molecular weight excluding hydrogens is 219 g/mol. The Hall–Kier alpha value is -1.84. The van der Waals surface area contributed by atoms with Crippen LogP contribution in [0, 0.1) is 5.82 Å². The SMILES string of the molecule is CCCNc1ccnc2c(F)ccc(OC)c12. The zero-order valence-electron chi connectivity index (χ0n) is 9.96. The van der Waals surface area contributed by atoms with Crippen LogP contribution in [-0.4, -0.2) is 18.6 Å². The topological polar surface area (TPSA) is 34.2 Å². The molecule has 0 spiro atoms. The van der Waals surface area contributed by atoms with Gasteiger partial charge in [0.1, 0.15) is 17.1 Å². The van der Waals surface area contributed by atoms with Gasteiger partial charge in [0.15, 0.2) is 0 Å². The molecular formula is C13H15FN2O. The minimum atomic E-state index is -0.332. The number of nitrogens with zero attached hydrogens (tertiary/aromatic N) is 1. The first-order chi connectivity index (χ1) is 8.27. The van der Waals surface area contributed by atoms with Crippen LogP contribution in [0.5, 0.6) is 5.75 Å². The number of nitrogens with one attached hydrogen (secondary N) is 1. The number of fused-ring (bicyclic) bond motifs is 1. The number of hydrogen-bond acceptors (Lipinski definition) is 3. The van der Waals surface area contributed by atoms with Gasteiger partial charge in [0, 0.05) is 18.4 Å². The Bertz CT molecular complexity index is 528. The molecule has 2 aromatic rings. The lowest BCUT2D eigenvalue weighted by Crippen LogP contribution is -2.02. The fraction of sp³-hybridized carbons (Fsp3) is 0.308. The summed E-state index contributed by atoms with van der Waals surface area (Å²) in [7, 11) is 1.57. The second-order valence-corrected chi connectivity index (χ2v) is 3.76. The molecule has 0 aliphatic rings. The Morgan fingerprint density at radius 3 is 2.88 bits per heavy atom. The van der Waals surface area contributed by atoms with Gasteiger partial charge in [-0.2, -0.15) is 0 Å². The minimum absolute atomic E-state index is 0.332. The third kappa shape index (κ3) is 2.16. The van der Waals surface area contributed by atoms with E-state index in [9.17, 15) is 4.39 Å². The molecule has 0 aliphatic carbocycles. The molecule has 0 unspecified atom stereocenters. The van der Waals surface area contributed by atoms with Crippen molar-refractivity contribution in [2.75, 3.05) is 19.0 Å². The number of methoxy groups -OCH3 is 1. The van der Waals surface area contributed by atoms with Crippen molar-refractivity contribution in [1.82, 2.24) is 4.98 Å². The lowest BCUT2D eigenvalue weighted by molar-refractivity contribution is 0.419. The quantitative estimate of drug-likeness (QED) is 0.882. The summed E-state index contributed by atoms with van der Waals surface area (Å²) >= 11 is 0.